The van der Waals surface area contributed by atoms with Gasteiger partial charge in [-0.25, -0.2) is 4.68 Å². The number of nitrogens with two attached hydrogens (primary N) is 1. The molecule has 1 unspecified atom stereocenters. The third kappa shape index (κ3) is 4.85. The largest absolute Gasteiger partial charge is 0.321 e. The van der Waals surface area contributed by atoms with Crippen molar-refractivity contribution >= 4 is 0 Å². The van der Waals surface area contributed by atoms with Crippen molar-refractivity contribution < 1.29 is 0 Å². The molecular weight excluding hydrogens is 250 g/mol. The highest BCUT2D eigenvalue weighted by molar-refractivity contribution is 4.96. The van der Waals surface area contributed by atoms with Gasteiger partial charge in [0, 0.05) is 0 Å². The molecule has 0 radical (unpaired) electrons. The van der Waals surface area contributed by atoms with Gasteiger partial charge >= 0.3 is 0 Å². The fraction of sp³-hybridized carbons (Fsp3) is 0.933. The average molecular weight is 281 g/mol. The molecule has 2 N–H and O–H groups in total. The predicted octanol–water partition coefficient (Wildman–Crippen LogP) is 3.28. The van der Waals surface area contributed by atoms with Gasteiger partial charge < -0.3 is 5.73 Å². The highest BCUT2D eigenvalue weighted by Crippen LogP contribution is 2.33. The molecule has 0 aliphatic rings. The van der Waals surface area contributed by atoms with Crippen molar-refractivity contribution in [3.8, 4) is 0 Å². The monoisotopic (exact) mass is 281 g/mol. The van der Waals surface area contributed by atoms with Gasteiger partial charge in [-0.2, -0.15) is 0 Å². The summed E-state index contributed by atoms with van der Waals surface area (Å²) in [7, 11) is 0. The third-order valence-electron chi connectivity index (χ3n) is 3.42. The number of hydrogen-bond acceptors (Lipinski definition) is 4. The topological polar surface area (TPSA) is 69.6 Å². The van der Waals surface area contributed by atoms with Crippen LogP contribution in [0.15, 0.2) is 0 Å². The Bertz CT molecular complexity index is 414. The summed E-state index contributed by atoms with van der Waals surface area (Å²) in [5, 5.41) is 12.2. The maximum Gasteiger partial charge on any atom is 0.168 e. The van der Waals surface area contributed by atoms with E-state index >= 15 is 0 Å². The van der Waals surface area contributed by atoms with Crippen LogP contribution >= 0.6 is 0 Å². The summed E-state index contributed by atoms with van der Waals surface area (Å²) < 4.78 is 1.92. The minimum absolute atomic E-state index is 0.0911. The van der Waals surface area contributed by atoms with Crippen LogP contribution in [0.1, 0.15) is 79.6 Å². The minimum atomic E-state index is -0.132. The average Bonchev–Trinajstić information content (AvgIpc) is 2.71. The molecule has 0 aliphatic heterocycles. The lowest BCUT2D eigenvalue weighted by Crippen LogP contribution is -2.35. The number of rotatable bonds is 6. The molecule has 1 rings (SSSR count). The van der Waals surface area contributed by atoms with Crippen molar-refractivity contribution in [2.45, 2.75) is 79.3 Å². The van der Waals surface area contributed by atoms with Crippen LogP contribution in [0, 0.1) is 11.3 Å². The SMILES string of the molecule is CC(C)CCC(N)c1nnnn1C(C)(C)CC(C)(C)C. The second kappa shape index (κ2) is 6.20. The lowest BCUT2D eigenvalue weighted by atomic mass is 9.81. The van der Waals surface area contributed by atoms with Gasteiger partial charge in [0.05, 0.1) is 11.6 Å². The maximum atomic E-state index is 6.29. The molecule has 5 nitrogen and oxygen atoms in total. The smallest absolute Gasteiger partial charge is 0.168 e. The Morgan fingerprint density at radius 2 is 1.70 bits per heavy atom. The van der Waals surface area contributed by atoms with Crippen LogP contribution < -0.4 is 5.73 Å². The van der Waals surface area contributed by atoms with Crippen LogP contribution in [-0.4, -0.2) is 20.2 Å². The first kappa shape index (κ1) is 17.1. The van der Waals surface area contributed by atoms with Crippen LogP contribution in [-0.2, 0) is 5.54 Å². The molecule has 0 aliphatic carbocycles. The van der Waals surface area contributed by atoms with Crippen molar-refractivity contribution in [3.63, 3.8) is 0 Å². The van der Waals surface area contributed by atoms with E-state index in [2.05, 4.69) is 64.0 Å². The van der Waals surface area contributed by atoms with Crippen molar-refractivity contribution in [1.82, 2.24) is 20.2 Å². The Hall–Kier alpha value is -0.970. The Morgan fingerprint density at radius 3 is 2.20 bits per heavy atom. The van der Waals surface area contributed by atoms with Crippen molar-refractivity contribution in [2.24, 2.45) is 17.1 Å². The molecule has 1 heterocycles. The summed E-state index contributed by atoms with van der Waals surface area (Å²) >= 11 is 0. The quantitative estimate of drug-likeness (QED) is 0.868. The fourth-order valence-electron chi connectivity index (χ4n) is 2.87. The van der Waals surface area contributed by atoms with Crippen LogP contribution in [0.4, 0.5) is 0 Å². The van der Waals surface area contributed by atoms with Crippen molar-refractivity contribution in [1.29, 1.82) is 0 Å². The zero-order valence-corrected chi connectivity index (χ0v) is 14.1. The van der Waals surface area contributed by atoms with E-state index in [0.29, 0.717) is 5.92 Å². The highest BCUT2D eigenvalue weighted by atomic mass is 15.6. The van der Waals surface area contributed by atoms with E-state index in [9.17, 15) is 0 Å². The van der Waals surface area contributed by atoms with E-state index in [1.807, 2.05) is 4.68 Å². The molecule has 1 aromatic rings. The minimum Gasteiger partial charge on any atom is -0.321 e. The lowest BCUT2D eigenvalue weighted by molar-refractivity contribution is 0.187. The van der Waals surface area contributed by atoms with E-state index in [-0.39, 0.29) is 17.0 Å². The summed E-state index contributed by atoms with van der Waals surface area (Å²) in [6.07, 6.45) is 3.01. The van der Waals surface area contributed by atoms with E-state index < -0.39 is 0 Å². The molecule has 0 fully saturated rings. The van der Waals surface area contributed by atoms with Gasteiger partial charge in [0.25, 0.3) is 0 Å². The van der Waals surface area contributed by atoms with Gasteiger partial charge in [0.1, 0.15) is 0 Å². The van der Waals surface area contributed by atoms with E-state index in [4.69, 9.17) is 5.73 Å². The standard InChI is InChI=1S/C15H31N5/c1-11(2)8-9-12(16)13-17-18-19-20(13)15(6,7)10-14(3,4)5/h11-12H,8-10,16H2,1-7H3. The first-order valence-electron chi connectivity index (χ1n) is 7.57. The number of aromatic nitrogens is 4. The fourth-order valence-corrected chi connectivity index (χ4v) is 2.87. The molecule has 0 amide bonds. The van der Waals surface area contributed by atoms with Gasteiger partial charge in [-0.1, -0.05) is 34.6 Å². The van der Waals surface area contributed by atoms with Gasteiger partial charge in [0.15, 0.2) is 5.82 Å². The Kier molecular flexibility index (Phi) is 5.30. The molecule has 0 bridgehead atoms. The molecule has 20 heavy (non-hydrogen) atoms. The van der Waals surface area contributed by atoms with Gasteiger partial charge in [-0.15, -0.1) is 5.10 Å². The molecule has 0 spiro atoms. The summed E-state index contributed by atoms with van der Waals surface area (Å²) in [4.78, 5) is 0. The molecule has 1 atom stereocenters. The molecule has 116 valence electrons. The summed E-state index contributed by atoms with van der Waals surface area (Å²) in [5.41, 5.74) is 6.37. The summed E-state index contributed by atoms with van der Waals surface area (Å²) in [5.74, 6) is 1.45. The van der Waals surface area contributed by atoms with Crippen molar-refractivity contribution in [2.75, 3.05) is 0 Å². The van der Waals surface area contributed by atoms with Crippen LogP contribution in [0.2, 0.25) is 0 Å². The normalized spacial score (nSPS) is 14.8. The van der Waals surface area contributed by atoms with Crippen LogP contribution in [0.3, 0.4) is 0 Å². The zero-order chi connectivity index (χ0) is 15.6. The zero-order valence-electron chi connectivity index (χ0n) is 14.1. The number of nitrogens with zero attached hydrogens (tertiary/aromatic N) is 4. The maximum absolute atomic E-state index is 6.29. The second-order valence-corrected chi connectivity index (χ2v) is 8.08. The summed E-state index contributed by atoms with van der Waals surface area (Å²) in [6, 6.07) is -0.0911. The Morgan fingerprint density at radius 1 is 1.10 bits per heavy atom. The molecule has 5 heteroatoms. The van der Waals surface area contributed by atoms with Crippen molar-refractivity contribution in [3.05, 3.63) is 5.82 Å². The predicted molar refractivity (Wildman–Crippen MR) is 82.2 cm³/mol. The van der Waals surface area contributed by atoms with E-state index in [1.54, 1.807) is 0 Å². The second-order valence-electron chi connectivity index (χ2n) is 8.08. The molecule has 0 aromatic carbocycles. The molecular formula is C15H31N5. The summed E-state index contributed by atoms with van der Waals surface area (Å²) in [6.45, 7) is 15.5. The van der Waals surface area contributed by atoms with E-state index in [0.717, 1.165) is 25.1 Å². The molecule has 0 saturated heterocycles. The number of hydrogen-bond donors (Lipinski definition) is 1. The van der Waals surface area contributed by atoms with Gasteiger partial charge in [0.2, 0.25) is 0 Å². The van der Waals surface area contributed by atoms with Crippen LogP contribution in [0.25, 0.3) is 0 Å². The molecule has 1 aromatic heterocycles. The number of tetrazole rings is 1. The van der Waals surface area contributed by atoms with Gasteiger partial charge in [-0.3, -0.25) is 0 Å². The Labute approximate surface area is 123 Å². The lowest BCUT2D eigenvalue weighted by Gasteiger charge is -2.33. The van der Waals surface area contributed by atoms with Crippen LogP contribution in [0.5, 0.6) is 0 Å². The van der Waals surface area contributed by atoms with E-state index in [1.165, 1.54) is 0 Å². The molecule has 0 saturated carbocycles. The third-order valence-corrected chi connectivity index (χ3v) is 3.42. The van der Waals surface area contributed by atoms with Gasteiger partial charge in [-0.05, 0) is 54.9 Å². The first-order valence-corrected chi connectivity index (χ1v) is 7.57. The highest BCUT2D eigenvalue weighted by Gasteiger charge is 2.32. The Balaban J connectivity index is 2.90. The first-order chi connectivity index (χ1) is 9.03.